The molecule has 4 heteroatoms. The predicted molar refractivity (Wildman–Crippen MR) is 67.3 cm³/mol. The lowest BCUT2D eigenvalue weighted by Crippen LogP contribution is -2.24. The van der Waals surface area contributed by atoms with Crippen LogP contribution in [0.1, 0.15) is 21.7 Å². The van der Waals surface area contributed by atoms with E-state index in [2.05, 4.69) is 15.9 Å². The quantitative estimate of drug-likeness (QED) is 0.852. The average molecular weight is 293 g/mol. The maximum Gasteiger partial charge on any atom is 0.0736 e. The Labute approximate surface area is 108 Å². The van der Waals surface area contributed by atoms with E-state index in [1.807, 2.05) is 36.6 Å². The Hall–Kier alpha value is -1.55. The molecule has 2 rings (SSSR count). The third-order valence-corrected chi connectivity index (χ3v) is 3.18. The molecule has 1 aromatic carbocycles. The summed E-state index contributed by atoms with van der Waals surface area (Å²) >= 11 is 3.26. The van der Waals surface area contributed by atoms with Crippen LogP contribution in [0.4, 0.5) is 0 Å². The molecule has 0 bridgehead atoms. The van der Waals surface area contributed by atoms with E-state index in [0.717, 1.165) is 15.9 Å². The molecule has 17 heavy (non-hydrogen) atoms. The van der Waals surface area contributed by atoms with E-state index in [9.17, 15) is 9.90 Å². The standard InChI is InChI=1S/C13H12BrNO2/c1-8-3-4-9(2)15(8)12-6-5-10(14)7-11(12)13(16)17/h3-7H,1-2H3,(H,16,17)/p-1. The second kappa shape index (κ2) is 4.37. The second-order valence-corrected chi connectivity index (χ2v) is 4.82. The molecule has 0 radical (unpaired) electrons. The minimum absolute atomic E-state index is 0.182. The summed E-state index contributed by atoms with van der Waals surface area (Å²) in [5.41, 5.74) is 2.80. The van der Waals surface area contributed by atoms with Crippen LogP contribution in [0.5, 0.6) is 0 Å². The minimum Gasteiger partial charge on any atom is -0.545 e. The number of benzene rings is 1. The van der Waals surface area contributed by atoms with Crippen molar-refractivity contribution in [1.29, 1.82) is 0 Å². The molecule has 3 nitrogen and oxygen atoms in total. The first-order valence-corrected chi connectivity index (χ1v) is 5.96. The number of carbonyl (C=O) groups excluding carboxylic acids is 1. The molecule has 0 aliphatic carbocycles. The maximum atomic E-state index is 11.1. The van der Waals surface area contributed by atoms with Crippen LogP contribution in [0.15, 0.2) is 34.8 Å². The molecule has 0 unspecified atom stereocenters. The molecule has 0 amide bonds. The Balaban J connectivity index is 2.71. The first-order chi connectivity index (χ1) is 8.00. The lowest BCUT2D eigenvalue weighted by Gasteiger charge is -2.15. The molecule has 0 spiro atoms. The monoisotopic (exact) mass is 292 g/mol. The number of hydrogen-bond acceptors (Lipinski definition) is 2. The Bertz CT molecular complexity index is 568. The van der Waals surface area contributed by atoms with E-state index in [-0.39, 0.29) is 5.56 Å². The van der Waals surface area contributed by atoms with Crippen molar-refractivity contribution in [3.8, 4) is 5.69 Å². The number of aromatic carboxylic acids is 1. The molecular weight excluding hydrogens is 282 g/mol. The SMILES string of the molecule is Cc1ccc(C)n1-c1ccc(Br)cc1C(=O)[O-]. The van der Waals surface area contributed by atoms with E-state index >= 15 is 0 Å². The van der Waals surface area contributed by atoms with Crippen molar-refractivity contribution in [2.45, 2.75) is 13.8 Å². The van der Waals surface area contributed by atoms with Gasteiger partial charge in [-0.1, -0.05) is 15.9 Å². The molecule has 88 valence electrons. The van der Waals surface area contributed by atoms with Crippen LogP contribution in [0.2, 0.25) is 0 Å². The highest BCUT2D eigenvalue weighted by molar-refractivity contribution is 9.10. The zero-order valence-corrected chi connectivity index (χ0v) is 11.1. The minimum atomic E-state index is -1.17. The number of carbonyl (C=O) groups is 1. The fraction of sp³-hybridized carbons (Fsp3) is 0.154. The Morgan fingerprint density at radius 2 is 1.76 bits per heavy atom. The van der Waals surface area contributed by atoms with Crippen molar-refractivity contribution in [2.75, 3.05) is 0 Å². The average Bonchev–Trinajstić information content (AvgIpc) is 2.59. The van der Waals surface area contributed by atoms with Gasteiger partial charge in [-0.3, -0.25) is 0 Å². The summed E-state index contributed by atoms with van der Waals surface area (Å²) in [5.74, 6) is -1.17. The number of carboxylic acid groups (broad SMARTS) is 1. The summed E-state index contributed by atoms with van der Waals surface area (Å²) in [6.07, 6.45) is 0. The molecular formula is C13H11BrNO2-. The van der Waals surface area contributed by atoms with Gasteiger partial charge < -0.3 is 14.5 Å². The van der Waals surface area contributed by atoms with Crippen molar-refractivity contribution in [2.24, 2.45) is 0 Å². The smallest absolute Gasteiger partial charge is 0.0736 e. The van der Waals surface area contributed by atoms with E-state index in [1.165, 1.54) is 0 Å². The van der Waals surface area contributed by atoms with Gasteiger partial charge in [-0.15, -0.1) is 0 Å². The molecule has 1 aromatic heterocycles. The highest BCUT2D eigenvalue weighted by atomic mass is 79.9. The maximum absolute atomic E-state index is 11.1. The third kappa shape index (κ3) is 2.13. The van der Waals surface area contributed by atoms with Crippen LogP contribution >= 0.6 is 15.9 Å². The van der Waals surface area contributed by atoms with Crippen molar-refractivity contribution in [3.63, 3.8) is 0 Å². The van der Waals surface area contributed by atoms with Gasteiger partial charge in [-0.25, -0.2) is 0 Å². The summed E-state index contributed by atoms with van der Waals surface area (Å²) in [7, 11) is 0. The number of halogens is 1. The summed E-state index contributed by atoms with van der Waals surface area (Å²) < 4.78 is 2.63. The highest BCUT2D eigenvalue weighted by Crippen LogP contribution is 2.23. The molecule has 0 saturated carbocycles. The lowest BCUT2D eigenvalue weighted by atomic mass is 10.1. The lowest BCUT2D eigenvalue weighted by molar-refractivity contribution is -0.255. The van der Waals surface area contributed by atoms with Gasteiger partial charge in [0.2, 0.25) is 0 Å². The van der Waals surface area contributed by atoms with Gasteiger partial charge >= 0.3 is 0 Å². The molecule has 0 N–H and O–H groups in total. The van der Waals surface area contributed by atoms with E-state index < -0.39 is 5.97 Å². The topological polar surface area (TPSA) is 45.1 Å². The summed E-state index contributed by atoms with van der Waals surface area (Å²) in [5, 5.41) is 11.1. The number of aryl methyl sites for hydroxylation is 2. The number of aromatic nitrogens is 1. The molecule has 1 heterocycles. The number of rotatable bonds is 2. The number of carboxylic acids is 1. The molecule has 0 saturated heterocycles. The zero-order valence-electron chi connectivity index (χ0n) is 9.53. The number of hydrogen-bond donors (Lipinski definition) is 0. The van der Waals surface area contributed by atoms with Gasteiger partial charge in [-0.2, -0.15) is 0 Å². The molecule has 0 atom stereocenters. The van der Waals surface area contributed by atoms with Crippen LogP contribution < -0.4 is 5.11 Å². The predicted octanol–water partition coefficient (Wildman–Crippen LogP) is 2.22. The molecule has 2 aromatic rings. The van der Waals surface area contributed by atoms with Gasteiger partial charge in [0, 0.05) is 21.4 Å². The molecule has 0 fully saturated rings. The van der Waals surface area contributed by atoms with Gasteiger partial charge in [0.05, 0.1) is 11.7 Å². The van der Waals surface area contributed by atoms with Crippen LogP contribution in [-0.2, 0) is 0 Å². The van der Waals surface area contributed by atoms with Crippen molar-refractivity contribution in [1.82, 2.24) is 4.57 Å². The zero-order chi connectivity index (χ0) is 12.6. The van der Waals surface area contributed by atoms with E-state index in [1.54, 1.807) is 12.1 Å². The molecule has 0 aliphatic heterocycles. The van der Waals surface area contributed by atoms with Crippen LogP contribution in [-0.4, -0.2) is 10.5 Å². The van der Waals surface area contributed by atoms with Gasteiger partial charge in [0.1, 0.15) is 0 Å². The fourth-order valence-corrected chi connectivity index (χ4v) is 2.28. The third-order valence-electron chi connectivity index (χ3n) is 2.69. The van der Waals surface area contributed by atoms with Gasteiger partial charge in [0.15, 0.2) is 0 Å². The highest BCUT2D eigenvalue weighted by Gasteiger charge is 2.10. The van der Waals surface area contributed by atoms with E-state index in [4.69, 9.17) is 0 Å². The Kier molecular flexibility index (Phi) is 3.07. The van der Waals surface area contributed by atoms with Crippen molar-refractivity contribution < 1.29 is 9.90 Å². The Morgan fingerprint density at radius 3 is 2.29 bits per heavy atom. The number of nitrogens with zero attached hydrogens (tertiary/aromatic N) is 1. The first-order valence-electron chi connectivity index (χ1n) is 5.17. The molecule has 0 aliphatic rings. The summed E-state index contributed by atoms with van der Waals surface area (Å²) in [6, 6.07) is 9.06. The van der Waals surface area contributed by atoms with Gasteiger partial charge in [-0.05, 0) is 44.2 Å². The second-order valence-electron chi connectivity index (χ2n) is 3.90. The largest absolute Gasteiger partial charge is 0.545 e. The van der Waals surface area contributed by atoms with Gasteiger partial charge in [0.25, 0.3) is 0 Å². The van der Waals surface area contributed by atoms with Crippen LogP contribution in [0.25, 0.3) is 5.69 Å². The van der Waals surface area contributed by atoms with Crippen LogP contribution in [0.3, 0.4) is 0 Å². The summed E-state index contributed by atoms with van der Waals surface area (Å²) in [6.45, 7) is 3.88. The fourth-order valence-electron chi connectivity index (χ4n) is 1.92. The summed E-state index contributed by atoms with van der Waals surface area (Å²) in [4.78, 5) is 11.1. The van der Waals surface area contributed by atoms with Crippen molar-refractivity contribution in [3.05, 3.63) is 51.8 Å². The van der Waals surface area contributed by atoms with E-state index in [0.29, 0.717) is 5.69 Å². The first kappa shape index (κ1) is 11.9. The van der Waals surface area contributed by atoms with Crippen molar-refractivity contribution >= 4 is 21.9 Å². The Morgan fingerprint density at radius 1 is 1.18 bits per heavy atom. The van der Waals surface area contributed by atoms with Crippen LogP contribution in [0, 0.1) is 13.8 Å². The normalized spacial score (nSPS) is 10.5.